The Bertz CT molecular complexity index is 994. The first kappa shape index (κ1) is 15.8. The SMILES string of the molecule is Cc1ccc2nc(CNC3CCCc4c(O)cccc43)cc(=O)n2c1. The van der Waals surface area contributed by atoms with Crippen LogP contribution >= 0.6 is 0 Å². The van der Waals surface area contributed by atoms with Crippen molar-refractivity contribution in [2.24, 2.45) is 0 Å². The molecule has 2 heterocycles. The second kappa shape index (κ2) is 6.33. The van der Waals surface area contributed by atoms with Crippen LogP contribution in [0.2, 0.25) is 0 Å². The van der Waals surface area contributed by atoms with E-state index in [1.807, 2.05) is 31.3 Å². The summed E-state index contributed by atoms with van der Waals surface area (Å²) in [6.45, 7) is 2.48. The lowest BCUT2D eigenvalue weighted by Crippen LogP contribution is -2.26. The van der Waals surface area contributed by atoms with Gasteiger partial charge in [-0.3, -0.25) is 9.20 Å². The Kier molecular flexibility index (Phi) is 4.01. The molecular weight excluding hydrogens is 314 g/mol. The van der Waals surface area contributed by atoms with Crippen LogP contribution in [0.3, 0.4) is 0 Å². The highest BCUT2D eigenvalue weighted by atomic mass is 16.3. The van der Waals surface area contributed by atoms with Crippen LogP contribution in [0.1, 0.15) is 41.3 Å². The third-order valence-corrected chi connectivity index (χ3v) is 4.87. The van der Waals surface area contributed by atoms with E-state index >= 15 is 0 Å². The molecule has 2 aromatic heterocycles. The number of phenolic OH excluding ortho intramolecular Hbond substituents is 1. The van der Waals surface area contributed by atoms with E-state index in [0.717, 1.165) is 41.6 Å². The normalized spacial score (nSPS) is 16.8. The minimum atomic E-state index is -0.0628. The number of rotatable bonds is 3. The van der Waals surface area contributed by atoms with E-state index in [9.17, 15) is 9.90 Å². The third-order valence-electron chi connectivity index (χ3n) is 4.87. The summed E-state index contributed by atoms with van der Waals surface area (Å²) in [6.07, 6.45) is 4.77. The van der Waals surface area contributed by atoms with E-state index in [4.69, 9.17) is 0 Å². The molecule has 5 heteroatoms. The fourth-order valence-corrected chi connectivity index (χ4v) is 3.62. The van der Waals surface area contributed by atoms with E-state index in [0.29, 0.717) is 17.9 Å². The number of hydrogen-bond acceptors (Lipinski definition) is 4. The standard InChI is InChI=1S/C20H21N3O2/c1-13-8-9-19-22-14(10-20(25)23(19)12-13)11-21-17-6-2-5-16-15(17)4-3-7-18(16)24/h3-4,7-10,12,17,21,24H,2,5-6,11H2,1H3. The highest BCUT2D eigenvalue weighted by molar-refractivity contribution is 5.43. The summed E-state index contributed by atoms with van der Waals surface area (Å²) in [5.41, 5.74) is 4.55. The Labute approximate surface area is 146 Å². The van der Waals surface area contributed by atoms with Gasteiger partial charge < -0.3 is 10.4 Å². The fraction of sp³-hybridized carbons (Fsp3) is 0.300. The Morgan fingerprint density at radius 3 is 3.08 bits per heavy atom. The number of pyridine rings is 1. The van der Waals surface area contributed by atoms with E-state index in [1.165, 1.54) is 0 Å². The van der Waals surface area contributed by atoms with Crippen LogP contribution in [0, 0.1) is 6.92 Å². The largest absolute Gasteiger partial charge is 0.508 e. The Balaban J connectivity index is 1.59. The van der Waals surface area contributed by atoms with E-state index in [1.54, 1.807) is 16.5 Å². The lowest BCUT2D eigenvalue weighted by Gasteiger charge is -2.27. The van der Waals surface area contributed by atoms with Crippen LogP contribution in [0.25, 0.3) is 5.65 Å². The van der Waals surface area contributed by atoms with Gasteiger partial charge in [-0.1, -0.05) is 18.2 Å². The fourth-order valence-electron chi connectivity index (χ4n) is 3.62. The van der Waals surface area contributed by atoms with Crippen molar-refractivity contribution in [2.45, 2.75) is 38.8 Å². The highest BCUT2D eigenvalue weighted by Crippen LogP contribution is 2.34. The number of nitrogens with zero attached hydrogens (tertiary/aromatic N) is 2. The summed E-state index contributed by atoms with van der Waals surface area (Å²) in [5.74, 6) is 0.376. The average Bonchev–Trinajstić information content (AvgIpc) is 2.61. The second-order valence-corrected chi connectivity index (χ2v) is 6.69. The molecule has 1 aliphatic carbocycles. The van der Waals surface area contributed by atoms with Gasteiger partial charge in [0.25, 0.3) is 5.56 Å². The Morgan fingerprint density at radius 1 is 1.32 bits per heavy atom. The third kappa shape index (κ3) is 3.03. The van der Waals surface area contributed by atoms with Gasteiger partial charge in [-0.2, -0.15) is 0 Å². The Morgan fingerprint density at radius 2 is 2.20 bits per heavy atom. The molecule has 128 valence electrons. The number of aromatic hydroxyl groups is 1. The van der Waals surface area contributed by atoms with Crippen molar-refractivity contribution in [1.82, 2.24) is 14.7 Å². The first-order valence-corrected chi connectivity index (χ1v) is 8.65. The van der Waals surface area contributed by atoms with Gasteiger partial charge in [0.1, 0.15) is 11.4 Å². The Hall–Kier alpha value is -2.66. The maximum atomic E-state index is 12.3. The number of aryl methyl sites for hydroxylation is 1. The van der Waals surface area contributed by atoms with Gasteiger partial charge in [0, 0.05) is 24.8 Å². The van der Waals surface area contributed by atoms with Crippen molar-refractivity contribution in [1.29, 1.82) is 0 Å². The molecule has 4 rings (SSSR count). The zero-order valence-corrected chi connectivity index (χ0v) is 14.2. The molecular formula is C20H21N3O2. The zero-order chi connectivity index (χ0) is 17.4. The summed E-state index contributed by atoms with van der Waals surface area (Å²) < 4.78 is 1.58. The van der Waals surface area contributed by atoms with E-state index in [2.05, 4.69) is 16.4 Å². The molecule has 1 atom stereocenters. The molecule has 0 fully saturated rings. The highest BCUT2D eigenvalue weighted by Gasteiger charge is 2.21. The number of phenols is 1. The monoisotopic (exact) mass is 335 g/mol. The molecule has 1 aliphatic rings. The van der Waals surface area contributed by atoms with Gasteiger partial charge in [0.05, 0.1) is 5.69 Å². The number of fused-ring (bicyclic) bond motifs is 2. The first-order valence-electron chi connectivity index (χ1n) is 8.65. The topological polar surface area (TPSA) is 66.6 Å². The summed E-state index contributed by atoms with van der Waals surface area (Å²) >= 11 is 0. The minimum Gasteiger partial charge on any atom is -0.508 e. The first-order chi connectivity index (χ1) is 12.1. The van der Waals surface area contributed by atoms with Crippen LogP contribution in [0.4, 0.5) is 0 Å². The maximum absolute atomic E-state index is 12.3. The molecule has 1 aromatic carbocycles. The van der Waals surface area contributed by atoms with E-state index < -0.39 is 0 Å². The zero-order valence-electron chi connectivity index (χ0n) is 14.2. The molecule has 0 aliphatic heterocycles. The van der Waals surface area contributed by atoms with Gasteiger partial charge in [-0.25, -0.2) is 4.98 Å². The molecule has 2 N–H and O–H groups in total. The molecule has 25 heavy (non-hydrogen) atoms. The van der Waals surface area contributed by atoms with Crippen LogP contribution in [-0.4, -0.2) is 14.5 Å². The van der Waals surface area contributed by atoms with E-state index in [-0.39, 0.29) is 11.6 Å². The minimum absolute atomic E-state index is 0.0628. The van der Waals surface area contributed by atoms with Gasteiger partial charge in [0.2, 0.25) is 0 Å². The van der Waals surface area contributed by atoms with Crippen molar-refractivity contribution in [3.63, 3.8) is 0 Å². The second-order valence-electron chi connectivity index (χ2n) is 6.69. The summed E-state index contributed by atoms with van der Waals surface area (Å²) in [7, 11) is 0. The van der Waals surface area contributed by atoms with Crippen molar-refractivity contribution in [2.75, 3.05) is 0 Å². The molecule has 3 aromatic rings. The van der Waals surface area contributed by atoms with Crippen molar-refractivity contribution >= 4 is 5.65 Å². The van der Waals surface area contributed by atoms with Gasteiger partial charge in [-0.15, -0.1) is 0 Å². The molecule has 0 saturated heterocycles. The van der Waals surface area contributed by atoms with Crippen molar-refractivity contribution in [3.8, 4) is 5.75 Å². The predicted octanol–water partition coefficient (Wildman–Crippen LogP) is 2.88. The number of benzene rings is 1. The molecule has 0 saturated carbocycles. The quantitative estimate of drug-likeness (QED) is 0.772. The summed E-state index contributed by atoms with van der Waals surface area (Å²) in [5, 5.41) is 13.6. The van der Waals surface area contributed by atoms with Crippen molar-refractivity contribution < 1.29 is 5.11 Å². The van der Waals surface area contributed by atoms with Gasteiger partial charge in [0.15, 0.2) is 0 Å². The number of aromatic nitrogens is 2. The summed E-state index contributed by atoms with van der Waals surface area (Å²) in [4.78, 5) is 16.9. The molecule has 0 radical (unpaired) electrons. The number of hydrogen-bond donors (Lipinski definition) is 2. The van der Waals surface area contributed by atoms with Gasteiger partial charge in [-0.05, 0) is 55.0 Å². The number of nitrogens with one attached hydrogen (secondary N) is 1. The smallest absolute Gasteiger partial charge is 0.258 e. The van der Waals surface area contributed by atoms with Crippen molar-refractivity contribution in [3.05, 3.63) is 75.3 Å². The predicted molar refractivity (Wildman–Crippen MR) is 96.8 cm³/mol. The molecule has 0 spiro atoms. The van der Waals surface area contributed by atoms with Crippen LogP contribution in [0.15, 0.2) is 47.4 Å². The lowest BCUT2D eigenvalue weighted by atomic mass is 9.87. The maximum Gasteiger partial charge on any atom is 0.258 e. The van der Waals surface area contributed by atoms with Crippen LogP contribution < -0.4 is 10.9 Å². The van der Waals surface area contributed by atoms with Gasteiger partial charge >= 0.3 is 0 Å². The molecule has 0 amide bonds. The molecule has 5 nitrogen and oxygen atoms in total. The average molecular weight is 335 g/mol. The van der Waals surface area contributed by atoms with Crippen LogP contribution in [0.5, 0.6) is 5.75 Å². The molecule has 0 bridgehead atoms. The lowest BCUT2D eigenvalue weighted by molar-refractivity contribution is 0.428. The molecule has 1 unspecified atom stereocenters. The van der Waals surface area contributed by atoms with Crippen LogP contribution in [-0.2, 0) is 13.0 Å². The summed E-state index contributed by atoms with van der Waals surface area (Å²) in [6, 6.07) is 11.3.